The molecular weight excluding hydrogens is 370 g/mol. The van der Waals surface area contributed by atoms with Crippen molar-refractivity contribution in [2.24, 2.45) is 0 Å². The van der Waals surface area contributed by atoms with Gasteiger partial charge in [-0.15, -0.1) is 0 Å². The number of ether oxygens (including phenoxy) is 3. The van der Waals surface area contributed by atoms with E-state index in [0.29, 0.717) is 16.5 Å². The molecule has 132 valence electrons. The Morgan fingerprint density at radius 3 is 2.52 bits per heavy atom. The van der Waals surface area contributed by atoms with Crippen LogP contribution in [0.3, 0.4) is 0 Å². The van der Waals surface area contributed by atoms with Crippen molar-refractivity contribution in [1.29, 1.82) is 0 Å². The van der Waals surface area contributed by atoms with Gasteiger partial charge in [0.25, 0.3) is 10.0 Å². The molecule has 0 atom stereocenters. The van der Waals surface area contributed by atoms with Crippen LogP contribution in [-0.4, -0.2) is 34.8 Å². The van der Waals surface area contributed by atoms with Gasteiger partial charge in [0.1, 0.15) is 6.54 Å². The Morgan fingerprint density at radius 1 is 1.16 bits per heavy atom. The zero-order valence-corrected chi connectivity index (χ0v) is 14.7. The molecule has 1 heterocycles. The number of benzene rings is 2. The predicted octanol–water partition coefficient (Wildman–Crippen LogP) is 2.44. The Kier molecular flexibility index (Phi) is 4.73. The van der Waals surface area contributed by atoms with Crippen molar-refractivity contribution in [2.45, 2.75) is 4.90 Å². The molecule has 0 unspecified atom stereocenters. The summed E-state index contributed by atoms with van der Waals surface area (Å²) in [6.45, 7) is -0.430. The number of sulfonamides is 1. The first kappa shape index (κ1) is 17.4. The summed E-state index contributed by atoms with van der Waals surface area (Å²) < 4.78 is 42.1. The number of rotatable bonds is 5. The van der Waals surface area contributed by atoms with Gasteiger partial charge in [-0.1, -0.05) is 11.6 Å². The second-order valence-electron chi connectivity index (χ2n) is 5.08. The summed E-state index contributed by atoms with van der Waals surface area (Å²) in [5.74, 6) is 0.208. The lowest BCUT2D eigenvalue weighted by molar-refractivity contribution is -0.138. The van der Waals surface area contributed by atoms with Gasteiger partial charge in [0, 0.05) is 11.1 Å². The number of hydrogen-bond donors (Lipinski definition) is 0. The second kappa shape index (κ2) is 6.81. The van der Waals surface area contributed by atoms with E-state index < -0.39 is 22.5 Å². The van der Waals surface area contributed by atoms with E-state index in [1.54, 1.807) is 6.07 Å². The number of carbonyl (C=O) groups is 1. The van der Waals surface area contributed by atoms with Crippen LogP contribution in [-0.2, 0) is 19.6 Å². The smallest absolute Gasteiger partial charge is 0.326 e. The number of carbonyl (C=O) groups excluding carboxylic acids is 1. The maximum absolute atomic E-state index is 13.0. The Balaban J connectivity index is 2.05. The van der Waals surface area contributed by atoms with Crippen LogP contribution < -0.4 is 13.8 Å². The van der Waals surface area contributed by atoms with Crippen molar-refractivity contribution in [1.82, 2.24) is 0 Å². The Labute approximate surface area is 149 Å². The van der Waals surface area contributed by atoms with Gasteiger partial charge in [-0.2, -0.15) is 0 Å². The van der Waals surface area contributed by atoms with E-state index in [0.717, 1.165) is 4.31 Å². The van der Waals surface area contributed by atoms with Gasteiger partial charge >= 0.3 is 5.97 Å². The maximum atomic E-state index is 13.0. The van der Waals surface area contributed by atoms with Gasteiger partial charge < -0.3 is 14.2 Å². The number of nitrogens with zero attached hydrogens (tertiary/aromatic N) is 1. The van der Waals surface area contributed by atoms with Gasteiger partial charge in [0.15, 0.2) is 11.5 Å². The molecular formula is C16H14ClNO6S. The normalized spacial score (nSPS) is 12.7. The van der Waals surface area contributed by atoms with Crippen LogP contribution >= 0.6 is 11.6 Å². The lowest BCUT2D eigenvalue weighted by atomic mass is 10.3. The summed E-state index contributed by atoms with van der Waals surface area (Å²) in [5, 5.41) is 0.404. The molecule has 0 N–H and O–H groups in total. The molecule has 9 heteroatoms. The minimum absolute atomic E-state index is 0.00142. The Morgan fingerprint density at radius 2 is 1.84 bits per heavy atom. The van der Waals surface area contributed by atoms with Crippen LogP contribution in [0.25, 0.3) is 0 Å². The van der Waals surface area contributed by atoms with E-state index in [4.69, 9.17) is 21.1 Å². The highest BCUT2D eigenvalue weighted by atomic mass is 35.5. The minimum Gasteiger partial charge on any atom is -0.468 e. The van der Waals surface area contributed by atoms with Crippen LogP contribution in [0.1, 0.15) is 0 Å². The highest BCUT2D eigenvalue weighted by Crippen LogP contribution is 2.37. The Hall–Kier alpha value is -2.45. The molecule has 0 radical (unpaired) electrons. The van der Waals surface area contributed by atoms with Gasteiger partial charge in [-0.25, -0.2) is 8.42 Å². The second-order valence-corrected chi connectivity index (χ2v) is 7.38. The van der Waals surface area contributed by atoms with E-state index >= 15 is 0 Å². The molecule has 0 aliphatic carbocycles. The van der Waals surface area contributed by atoms with Crippen LogP contribution in [0.5, 0.6) is 11.5 Å². The van der Waals surface area contributed by atoms with Crippen molar-refractivity contribution < 1.29 is 27.4 Å². The summed E-state index contributed by atoms with van der Waals surface area (Å²) in [5.41, 5.74) is 0.254. The summed E-state index contributed by atoms with van der Waals surface area (Å²) in [4.78, 5) is 11.8. The number of methoxy groups -OCH3 is 1. The molecule has 0 aromatic heterocycles. The Bertz CT molecular complexity index is 897. The largest absolute Gasteiger partial charge is 0.468 e. The predicted molar refractivity (Wildman–Crippen MR) is 90.6 cm³/mol. The van der Waals surface area contributed by atoms with Crippen molar-refractivity contribution in [3.8, 4) is 11.5 Å². The fraction of sp³-hybridized carbons (Fsp3) is 0.188. The highest BCUT2D eigenvalue weighted by Gasteiger charge is 2.29. The van der Waals surface area contributed by atoms with Crippen LogP contribution in [0.15, 0.2) is 47.4 Å². The first-order valence-corrected chi connectivity index (χ1v) is 8.98. The third kappa shape index (κ3) is 3.49. The van der Waals surface area contributed by atoms with Crippen molar-refractivity contribution in [2.75, 3.05) is 24.8 Å². The minimum atomic E-state index is -4.02. The number of halogens is 1. The van der Waals surface area contributed by atoms with Gasteiger partial charge in [-0.3, -0.25) is 9.10 Å². The molecule has 0 fully saturated rings. The summed E-state index contributed by atoms with van der Waals surface area (Å²) in [6.07, 6.45) is 0. The quantitative estimate of drug-likeness (QED) is 0.737. The lowest BCUT2D eigenvalue weighted by Gasteiger charge is -2.23. The van der Waals surface area contributed by atoms with Crippen LogP contribution in [0.2, 0.25) is 5.02 Å². The van der Waals surface area contributed by atoms with Crippen LogP contribution in [0, 0.1) is 0 Å². The molecule has 0 saturated carbocycles. The van der Waals surface area contributed by atoms with E-state index in [1.807, 2.05) is 0 Å². The highest BCUT2D eigenvalue weighted by molar-refractivity contribution is 7.92. The standard InChI is InChI=1S/C16H14ClNO6S/c1-22-16(19)9-18(12-4-7-14-15(8-12)24-10-23-14)25(20,21)13-5-2-11(17)3-6-13/h2-8H,9-10H2,1H3. The first-order valence-electron chi connectivity index (χ1n) is 7.16. The lowest BCUT2D eigenvalue weighted by Crippen LogP contribution is -2.36. The SMILES string of the molecule is COC(=O)CN(c1ccc2c(c1)OCO2)S(=O)(=O)c1ccc(Cl)cc1. The number of anilines is 1. The van der Waals surface area contributed by atoms with Gasteiger partial charge in [-0.05, 0) is 36.4 Å². The van der Waals surface area contributed by atoms with Gasteiger partial charge in [0.05, 0.1) is 17.7 Å². The molecule has 2 aromatic carbocycles. The average molecular weight is 384 g/mol. The number of hydrogen-bond acceptors (Lipinski definition) is 6. The van der Waals surface area contributed by atoms with E-state index in [-0.39, 0.29) is 17.4 Å². The molecule has 7 nitrogen and oxygen atoms in total. The molecule has 1 aliphatic heterocycles. The number of fused-ring (bicyclic) bond motifs is 1. The van der Waals surface area contributed by atoms with E-state index in [9.17, 15) is 13.2 Å². The average Bonchev–Trinajstić information content (AvgIpc) is 3.07. The zero-order valence-electron chi connectivity index (χ0n) is 13.1. The number of esters is 1. The molecule has 25 heavy (non-hydrogen) atoms. The van der Waals surface area contributed by atoms with Crippen LogP contribution in [0.4, 0.5) is 5.69 Å². The van der Waals surface area contributed by atoms with Gasteiger partial charge in [0.2, 0.25) is 6.79 Å². The van der Waals surface area contributed by atoms with E-state index in [2.05, 4.69) is 4.74 Å². The summed E-state index contributed by atoms with van der Waals surface area (Å²) in [6, 6.07) is 10.3. The summed E-state index contributed by atoms with van der Waals surface area (Å²) in [7, 11) is -2.83. The molecule has 0 spiro atoms. The molecule has 0 amide bonds. The van der Waals surface area contributed by atoms with Crippen molar-refractivity contribution >= 4 is 33.3 Å². The summed E-state index contributed by atoms with van der Waals surface area (Å²) >= 11 is 5.82. The first-order chi connectivity index (χ1) is 11.9. The van der Waals surface area contributed by atoms with E-state index in [1.165, 1.54) is 43.5 Å². The third-order valence-corrected chi connectivity index (χ3v) is 5.59. The topological polar surface area (TPSA) is 82.1 Å². The maximum Gasteiger partial charge on any atom is 0.326 e. The molecule has 0 bridgehead atoms. The fourth-order valence-corrected chi connectivity index (χ4v) is 3.80. The molecule has 0 saturated heterocycles. The fourth-order valence-electron chi connectivity index (χ4n) is 2.27. The third-order valence-electron chi connectivity index (χ3n) is 3.55. The molecule has 3 rings (SSSR count). The zero-order chi connectivity index (χ0) is 18.0. The van der Waals surface area contributed by atoms with Crippen molar-refractivity contribution in [3.63, 3.8) is 0 Å². The molecule has 2 aromatic rings. The monoisotopic (exact) mass is 383 g/mol. The molecule has 1 aliphatic rings. The van der Waals surface area contributed by atoms with Crippen molar-refractivity contribution in [3.05, 3.63) is 47.5 Å².